The lowest BCUT2D eigenvalue weighted by atomic mass is 10.1. The van der Waals surface area contributed by atoms with Gasteiger partial charge in [0.1, 0.15) is 0 Å². The topological polar surface area (TPSA) is 26.3 Å². The molecule has 0 unspecified atom stereocenters. The van der Waals surface area contributed by atoms with Crippen LogP contribution in [0, 0.1) is 0 Å². The minimum Gasteiger partial charge on any atom is -0.467 e. The Balaban J connectivity index is 5.40. The molecule has 0 N–H and O–H groups in total. The van der Waals surface area contributed by atoms with Crippen LogP contribution in [0.5, 0.6) is 0 Å². The SMILES string of the molecule is COC(=O)C(Br)(C(F)(F)F)C(F)(F)F. The largest absolute Gasteiger partial charge is 0.467 e. The van der Waals surface area contributed by atoms with E-state index in [1.54, 1.807) is 0 Å². The fourth-order valence-electron chi connectivity index (χ4n) is 0.533. The summed E-state index contributed by atoms with van der Waals surface area (Å²) in [7, 11) is 0.426. The number of carbonyl (C=O) groups is 1. The van der Waals surface area contributed by atoms with Crippen LogP contribution in [0.4, 0.5) is 26.3 Å². The van der Waals surface area contributed by atoms with E-state index in [1.807, 2.05) is 0 Å². The van der Waals surface area contributed by atoms with Crippen LogP contribution in [0.2, 0.25) is 0 Å². The van der Waals surface area contributed by atoms with Crippen LogP contribution in [0.3, 0.4) is 0 Å². The summed E-state index contributed by atoms with van der Waals surface area (Å²) in [5, 5.41) is 0. The first-order chi connectivity index (χ1) is 5.98. The van der Waals surface area contributed by atoms with Gasteiger partial charge in [-0.25, -0.2) is 4.79 Å². The number of hydrogen-bond acceptors (Lipinski definition) is 2. The normalized spacial score (nSPS) is 14.0. The van der Waals surface area contributed by atoms with Crippen molar-refractivity contribution in [1.82, 2.24) is 0 Å². The molecule has 0 saturated heterocycles. The van der Waals surface area contributed by atoms with Gasteiger partial charge in [-0.15, -0.1) is 0 Å². The number of ether oxygens (including phenoxy) is 1. The van der Waals surface area contributed by atoms with Crippen LogP contribution in [0.1, 0.15) is 0 Å². The molecule has 14 heavy (non-hydrogen) atoms. The number of rotatable bonds is 1. The van der Waals surface area contributed by atoms with Crippen LogP contribution in [0.25, 0.3) is 0 Å². The van der Waals surface area contributed by atoms with Crippen molar-refractivity contribution in [3.8, 4) is 0 Å². The molecule has 0 amide bonds. The molecule has 0 aromatic carbocycles. The van der Waals surface area contributed by atoms with Gasteiger partial charge in [0.2, 0.25) is 0 Å². The van der Waals surface area contributed by atoms with Crippen molar-refractivity contribution in [2.75, 3.05) is 7.11 Å². The molecule has 0 fully saturated rings. The van der Waals surface area contributed by atoms with Gasteiger partial charge in [0.25, 0.3) is 0 Å². The molecule has 0 aliphatic heterocycles. The fourth-order valence-corrected chi connectivity index (χ4v) is 0.695. The molecule has 0 aromatic rings. The second-order valence-electron chi connectivity index (χ2n) is 2.15. The maximum atomic E-state index is 12.0. The Bertz CT molecular complexity index is 217. The zero-order valence-electron chi connectivity index (χ0n) is 6.46. The maximum Gasteiger partial charge on any atom is 0.423 e. The average Bonchev–Trinajstić information content (AvgIpc) is 1.97. The third-order valence-corrected chi connectivity index (χ3v) is 2.47. The molecule has 84 valence electrons. The standard InChI is InChI=1S/C5H3BrF6O2/c1-14-2(13)3(6,4(7,8)9)5(10,11)12/h1H3. The van der Waals surface area contributed by atoms with E-state index in [2.05, 4.69) is 4.74 Å². The second-order valence-corrected chi connectivity index (χ2v) is 3.34. The van der Waals surface area contributed by atoms with Gasteiger partial charge >= 0.3 is 22.6 Å². The zero-order valence-corrected chi connectivity index (χ0v) is 8.05. The molecular weight excluding hydrogens is 286 g/mol. The highest BCUT2D eigenvalue weighted by Gasteiger charge is 2.75. The third kappa shape index (κ3) is 1.96. The summed E-state index contributed by atoms with van der Waals surface area (Å²) in [6.07, 6.45) is -11.6. The van der Waals surface area contributed by atoms with E-state index >= 15 is 0 Å². The van der Waals surface area contributed by atoms with Gasteiger partial charge in [-0.3, -0.25) is 0 Å². The number of esters is 1. The number of alkyl halides is 7. The Kier molecular flexibility index (Phi) is 3.47. The zero-order chi connectivity index (χ0) is 11.8. The third-order valence-electron chi connectivity index (χ3n) is 1.25. The lowest BCUT2D eigenvalue weighted by Crippen LogP contribution is -2.58. The molecule has 9 heteroatoms. The van der Waals surface area contributed by atoms with E-state index in [0.717, 1.165) is 0 Å². The molecular formula is C5H3BrF6O2. The van der Waals surface area contributed by atoms with E-state index in [4.69, 9.17) is 0 Å². The van der Waals surface area contributed by atoms with E-state index < -0.39 is 22.6 Å². The van der Waals surface area contributed by atoms with Gasteiger partial charge in [0, 0.05) is 0 Å². The first-order valence-corrected chi connectivity index (χ1v) is 3.68. The van der Waals surface area contributed by atoms with Crippen molar-refractivity contribution in [2.45, 2.75) is 16.7 Å². The summed E-state index contributed by atoms with van der Waals surface area (Å²) in [6.45, 7) is 0. The van der Waals surface area contributed by atoms with Crippen molar-refractivity contribution < 1.29 is 35.9 Å². The molecule has 0 spiro atoms. The Hall–Kier alpha value is -0.470. The molecule has 0 atom stereocenters. The lowest BCUT2D eigenvalue weighted by molar-refractivity contribution is -0.261. The van der Waals surface area contributed by atoms with Crippen molar-refractivity contribution in [3.63, 3.8) is 0 Å². The molecule has 0 bridgehead atoms. The predicted molar refractivity (Wildman–Crippen MR) is 35.8 cm³/mol. The highest BCUT2D eigenvalue weighted by molar-refractivity contribution is 9.10. The molecule has 0 radical (unpaired) electrons. The predicted octanol–water partition coefficient (Wildman–Crippen LogP) is 2.42. The van der Waals surface area contributed by atoms with Gasteiger partial charge in [-0.05, 0) is 0 Å². The molecule has 2 nitrogen and oxygen atoms in total. The summed E-state index contributed by atoms with van der Waals surface area (Å²) in [5.41, 5.74) is 0. The van der Waals surface area contributed by atoms with Crippen LogP contribution >= 0.6 is 15.9 Å². The van der Waals surface area contributed by atoms with Gasteiger partial charge in [-0.1, -0.05) is 15.9 Å². The Morgan fingerprint density at radius 2 is 1.36 bits per heavy atom. The molecule has 0 aromatic heterocycles. The second kappa shape index (κ2) is 3.59. The number of halogens is 7. The summed E-state index contributed by atoms with van der Waals surface area (Å²) < 4.78 is 70.6. The Morgan fingerprint density at radius 3 is 1.43 bits per heavy atom. The van der Waals surface area contributed by atoms with Gasteiger partial charge in [0.15, 0.2) is 0 Å². The first kappa shape index (κ1) is 13.5. The van der Waals surface area contributed by atoms with Crippen LogP contribution in [-0.2, 0) is 9.53 Å². The van der Waals surface area contributed by atoms with Crippen molar-refractivity contribution in [3.05, 3.63) is 0 Å². The van der Waals surface area contributed by atoms with E-state index in [1.165, 1.54) is 15.9 Å². The van der Waals surface area contributed by atoms with Crippen molar-refractivity contribution in [1.29, 1.82) is 0 Å². The summed E-state index contributed by atoms with van der Waals surface area (Å²) in [4.78, 5) is 10.4. The minimum atomic E-state index is -5.82. The number of methoxy groups -OCH3 is 1. The van der Waals surface area contributed by atoms with Gasteiger partial charge in [0.05, 0.1) is 7.11 Å². The summed E-state index contributed by atoms with van der Waals surface area (Å²) >= 11 is 1.33. The Morgan fingerprint density at radius 1 is 1.07 bits per heavy atom. The molecule has 0 aliphatic rings. The molecule has 0 heterocycles. The van der Waals surface area contributed by atoms with E-state index in [-0.39, 0.29) is 0 Å². The lowest BCUT2D eigenvalue weighted by Gasteiger charge is -2.28. The fraction of sp³-hybridized carbons (Fsp3) is 0.800. The average molecular weight is 289 g/mol. The smallest absolute Gasteiger partial charge is 0.423 e. The maximum absolute atomic E-state index is 12.0. The Labute approximate surface area is 82.3 Å². The quantitative estimate of drug-likeness (QED) is 0.421. The van der Waals surface area contributed by atoms with Crippen LogP contribution in [0.15, 0.2) is 0 Å². The molecule has 0 rings (SSSR count). The highest BCUT2D eigenvalue weighted by Crippen LogP contribution is 2.49. The van der Waals surface area contributed by atoms with Gasteiger partial charge in [-0.2, -0.15) is 26.3 Å². The van der Waals surface area contributed by atoms with Crippen LogP contribution in [-0.4, -0.2) is 29.8 Å². The monoisotopic (exact) mass is 288 g/mol. The van der Waals surface area contributed by atoms with Gasteiger partial charge < -0.3 is 4.74 Å². The van der Waals surface area contributed by atoms with E-state index in [0.29, 0.717) is 7.11 Å². The summed E-state index contributed by atoms with van der Waals surface area (Å²) in [5.74, 6) is -2.46. The van der Waals surface area contributed by atoms with Crippen molar-refractivity contribution >= 4 is 21.9 Å². The highest BCUT2D eigenvalue weighted by atomic mass is 79.9. The van der Waals surface area contributed by atoms with Crippen molar-refractivity contribution in [2.24, 2.45) is 0 Å². The van der Waals surface area contributed by atoms with Crippen LogP contribution < -0.4 is 0 Å². The molecule has 0 saturated carbocycles. The number of carbonyl (C=O) groups excluding carboxylic acids is 1. The first-order valence-electron chi connectivity index (χ1n) is 2.89. The number of hydrogen-bond donors (Lipinski definition) is 0. The summed E-state index contributed by atoms with van der Waals surface area (Å²) in [6, 6.07) is 0. The van der Waals surface area contributed by atoms with E-state index in [9.17, 15) is 31.1 Å². The molecule has 0 aliphatic carbocycles. The minimum absolute atomic E-state index is 0.426.